The lowest BCUT2D eigenvalue weighted by molar-refractivity contribution is -0.139. The van der Waals surface area contributed by atoms with Crippen molar-refractivity contribution in [2.24, 2.45) is 0 Å². The van der Waals surface area contributed by atoms with Crippen molar-refractivity contribution < 1.29 is 19.1 Å². The largest absolute Gasteiger partial charge is 0.464 e. The Morgan fingerprint density at radius 2 is 2.20 bits per heavy atom. The Kier molecular flexibility index (Phi) is 4.72. The zero-order valence-electron chi connectivity index (χ0n) is 16.2. The first kappa shape index (κ1) is 18.8. The highest BCUT2D eigenvalue weighted by Crippen LogP contribution is 2.36. The zero-order valence-corrected chi connectivity index (χ0v) is 17.0. The first-order valence-corrected chi connectivity index (χ1v) is 10.4. The molecule has 1 amide bonds. The van der Waals surface area contributed by atoms with Crippen molar-refractivity contribution in [3.05, 3.63) is 53.6 Å². The lowest BCUT2D eigenvalue weighted by Gasteiger charge is -2.12. The molecule has 3 heterocycles. The van der Waals surface area contributed by atoms with Gasteiger partial charge in [0.1, 0.15) is 11.7 Å². The lowest BCUT2D eigenvalue weighted by atomic mass is 10.0. The predicted octanol–water partition coefficient (Wildman–Crippen LogP) is 3.64. The topological polar surface area (TPSA) is 93.3 Å². The summed E-state index contributed by atoms with van der Waals surface area (Å²) in [4.78, 5) is 25.8. The third-order valence-electron chi connectivity index (χ3n) is 5.23. The van der Waals surface area contributed by atoms with Crippen LogP contribution in [0.4, 0.5) is 0 Å². The van der Waals surface area contributed by atoms with Gasteiger partial charge in [0.05, 0.1) is 23.6 Å². The average Bonchev–Trinajstić information content (AvgIpc) is 3.45. The Hall–Kier alpha value is -3.23. The van der Waals surface area contributed by atoms with E-state index in [1.807, 2.05) is 24.3 Å². The predicted molar refractivity (Wildman–Crippen MR) is 114 cm³/mol. The molecule has 2 aromatic heterocycles. The molecule has 0 unspecified atom stereocenters. The van der Waals surface area contributed by atoms with Crippen LogP contribution in [0.15, 0.2) is 42.5 Å². The highest BCUT2D eigenvalue weighted by molar-refractivity contribution is 7.22. The molecule has 0 radical (unpaired) electrons. The van der Waals surface area contributed by atoms with E-state index >= 15 is 0 Å². The number of hydrogen-bond acceptors (Lipinski definition) is 6. The number of nitrogens with zero attached hydrogens (tertiary/aromatic N) is 1. The number of nitrogens with one attached hydrogen (secondary N) is 2. The number of hydrogen-bond donors (Lipinski definition) is 2. The molecule has 152 valence electrons. The van der Waals surface area contributed by atoms with Gasteiger partial charge in [-0.05, 0) is 35.2 Å². The van der Waals surface area contributed by atoms with E-state index in [4.69, 9.17) is 9.47 Å². The third-order valence-corrected chi connectivity index (χ3v) is 6.35. The number of aromatic nitrogens is 2. The molecule has 2 N–H and O–H groups in total. The summed E-state index contributed by atoms with van der Waals surface area (Å²) in [5.74, 6) is -0.719. The molecular formula is C22H19N3O4S. The van der Waals surface area contributed by atoms with E-state index < -0.39 is 12.0 Å². The van der Waals surface area contributed by atoms with Gasteiger partial charge in [-0.2, -0.15) is 5.10 Å². The Morgan fingerprint density at radius 1 is 1.33 bits per heavy atom. The van der Waals surface area contributed by atoms with Crippen molar-refractivity contribution in [2.45, 2.75) is 19.1 Å². The van der Waals surface area contributed by atoms with Gasteiger partial charge in [-0.15, -0.1) is 11.3 Å². The summed E-state index contributed by atoms with van der Waals surface area (Å²) in [6.45, 7) is 0.594. The Morgan fingerprint density at radius 3 is 2.97 bits per heavy atom. The number of esters is 1. The minimum absolute atomic E-state index is 0.269. The number of cyclic esters (lactones) is 1. The quantitative estimate of drug-likeness (QED) is 0.480. The summed E-state index contributed by atoms with van der Waals surface area (Å²) in [5.41, 5.74) is 2.81. The average molecular weight is 421 g/mol. The minimum Gasteiger partial charge on any atom is -0.464 e. The van der Waals surface area contributed by atoms with E-state index in [0.717, 1.165) is 32.4 Å². The van der Waals surface area contributed by atoms with Crippen LogP contribution in [0.3, 0.4) is 0 Å². The number of benzene rings is 2. The number of methoxy groups -OCH3 is 1. The van der Waals surface area contributed by atoms with Crippen LogP contribution in [-0.2, 0) is 20.9 Å². The highest BCUT2D eigenvalue weighted by atomic mass is 32.1. The first-order chi connectivity index (χ1) is 14.6. The number of aromatic amines is 1. The van der Waals surface area contributed by atoms with Gasteiger partial charge in [0.25, 0.3) is 5.91 Å². The molecule has 5 rings (SSSR count). The van der Waals surface area contributed by atoms with Gasteiger partial charge in [0.15, 0.2) is 0 Å². The van der Waals surface area contributed by atoms with Crippen molar-refractivity contribution >= 4 is 44.2 Å². The van der Waals surface area contributed by atoms with E-state index in [2.05, 4.69) is 33.7 Å². The molecule has 1 fully saturated rings. The summed E-state index contributed by atoms with van der Waals surface area (Å²) >= 11 is 1.66. The van der Waals surface area contributed by atoms with E-state index in [9.17, 15) is 9.59 Å². The summed E-state index contributed by atoms with van der Waals surface area (Å²) in [6, 6.07) is 13.4. The smallest absolute Gasteiger partial charge is 0.328 e. The number of amides is 1. The second-order valence-corrected chi connectivity index (χ2v) is 8.27. The van der Waals surface area contributed by atoms with Crippen LogP contribution in [0.1, 0.15) is 22.3 Å². The molecule has 1 saturated heterocycles. The zero-order chi connectivity index (χ0) is 20.7. The fraction of sp³-hybridized carbons (Fsp3) is 0.227. The van der Waals surface area contributed by atoms with Gasteiger partial charge in [0.2, 0.25) is 0 Å². The maximum atomic E-state index is 13.0. The molecule has 2 aromatic carbocycles. The van der Waals surface area contributed by atoms with Crippen LogP contribution in [0.25, 0.3) is 31.6 Å². The van der Waals surface area contributed by atoms with Gasteiger partial charge in [-0.1, -0.05) is 18.2 Å². The van der Waals surface area contributed by atoms with E-state index in [-0.39, 0.29) is 12.5 Å². The fourth-order valence-corrected chi connectivity index (χ4v) is 4.81. The number of rotatable bonds is 5. The summed E-state index contributed by atoms with van der Waals surface area (Å²) in [5, 5.41) is 12.4. The molecule has 4 aromatic rings. The molecule has 1 aliphatic rings. The van der Waals surface area contributed by atoms with Crippen LogP contribution in [0.2, 0.25) is 0 Å². The second kappa shape index (κ2) is 7.55. The molecule has 0 aliphatic carbocycles. The molecule has 0 spiro atoms. The molecule has 7 nitrogen and oxygen atoms in total. The van der Waals surface area contributed by atoms with E-state index in [1.54, 1.807) is 18.4 Å². The number of ether oxygens (including phenoxy) is 2. The van der Waals surface area contributed by atoms with Gasteiger partial charge in [-0.25, -0.2) is 4.79 Å². The Bertz CT molecular complexity index is 1240. The molecule has 0 bridgehead atoms. The maximum absolute atomic E-state index is 13.0. The van der Waals surface area contributed by atoms with Crippen LogP contribution >= 0.6 is 11.3 Å². The molecule has 1 aliphatic heterocycles. The monoisotopic (exact) mass is 421 g/mol. The normalized spacial score (nSPS) is 16.3. The van der Waals surface area contributed by atoms with Crippen molar-refractivity contribution in [3.63, 3.8) is 0 Å². The van der Waals surface area contributed by atoms with Gasteiger partial charge >= 0.3 is 5.97 Å². The fourth-order valence-electron chi connectivity index (χ4n) is 3.74. The second-order valence-electron chi connectivity index (χ2n) is 7.19. The molecule has 8 heteroatoms. The lowest BCUT2D eigenvalue weighted by Crippen LogP contribution is -2.38. The van der Waals surface area contributed by atoms with E-state index in [0.29, 0.717) is 18.6 Å². The number of fused-ring (bicyclic) bond motifs is 2. The number of carbonyl (C=O) groups excluding carboxylic acids is 2. The number of thiophene rings is 1. The van der Waals surface area contributed by atoms with Crippen molar-refractivity contribution in [2.75, 3.05) is 13.7 Å². The summed E-state index contributed by atoms with van der Waals surface area (Å²) < 4.78 is 11.4. The minimum atomic E-state index is -0.616. The molecule has 1 atom stereocenters. The molecule has 0 saturated carbocycles. The van der Waals surface area contributed by atoms with Crippen molar-refractivity contribution in [1.82, 2.24) is 15.5 Å². The van der Waals surface area contributed by atoms with Crippen LogP contribution in [-0.4, -0.2) is 41.8 Å². The van der Waals surface area contributed by atoms with Gasteiger partial charge in [0, 0.05) is 29.2 Å². The summed E-state index contributed by atoms with van der Waals surface area (Å²) in [7, 11) is 1.58. The molecule has 30 heavy (non-hydrogen) atoms. The van der Waals surface area contributed by atoms with Crippen molar-refractivity contribution in [1.29, 1.82) is 0 Å². The van der Waals surface area contributed by atoms with Crippen molar-refractivity contribution in [3.8, 4) is 10.6 Å². The number of carbonyl (C=O) groups is 2. The van der Waals surface area contributed by atoms with Crippen LogP contribution < -0.4 is 5.32 Å². The molecular weight excluding hydrogens is 402 g/mol. The highest BCUT2D eigenvalue weighted by Gasteiger charge is 2.29. The van der Waals surface area contributed by atoms with Gasteiger partial charge in [-0.3, -0.25) is 9.89 Å². The standard InChI is InChI=1S/C22H19N3O4S/c1-28-11-13-8-17-15(10-14(13)21(26)23-16-6-7-29-22(16)27)20(25-24-17)19-9-12-4-2-3-5-18(12)30-19/h2-5,8-10,16H,6-7,11H2,1H3,(H,23,26)(H,24,25)/t16-/m1/s1. The van der Waals surface area contributed by atoms with E-state index in [1.165, 1.54) is 4.70 Å². The Balaban J connectivity index is 1.58. The number of H-pyrrole nitrogens is 1. The third kappa shape index (κ3) is 3.24. The van der Waals surface area contributed by atoms with Crippen LogP contribution in [0, 0.1) is 0 Å². The first-order valence-electron chi connectivity index (χ1n) is 9.60. The van der Waals surface area contributed by atoms with Gasteiger partial charge < -0.3 is 14.8 Å². The summed E-state index contributed by atoms with van der Waals surface area (Å²) in [6.07, 6.45) is 0.477. The SMILES string of the molecule is COCc1cc2[nH]nc(-c3cc4ccccc4s3)c2cc1C(=O)N[C@@H]1CCOC1=O. The maximum Gasteiger partial charge on any atom is 0.328 e. The van der Waals surface area contributed by atoms with Crippen LogP contribution in [0.5, 0.6) is 0 Å². The Labute approximate surface area is 176 Å².